The first-order valence-corrected chi connectivity index (χ1v) is 6.81. The highest BCUT2D eigenvalue weighted by molar-refractivity contribution is 6.36. The SMILES string of the molecule is N#CC1(c2c(Cl)cccc2Cl)CCCCCC1. The second-order valence-electron chi connectivity index (χ2n) is 4.70. The quantitative estimate of drug-likeness (QED) is 0.649. The molecule has 1 aliphatic carbocycles. The van der Waals surface area contributed by atoms with Crippen molar-refractivity contribution in [3.63, 3.8) is 0 Å². The molecule has 3 heteroatoms. The van der Waals surface area contributed by atoms with Gasteiger partial charge in [-0.2, -0.15) is 5.26 Å². The summed E-state index contributed by atoms with van der Waals surface area (Å²) in [5, 5.41) is 10.9. The number of nitriles is 1. The Kier molecular flexibility index (Phi) is 3.97. The van der Waals surface area contributed by atoms with Gasteiger partial charge in [0.1, 0.15) is 0 Å². The van der Waals surface area contributed by atoms with Crippen molar-refractivity contribution in [2.24, 2.45) is 0 Å². The van der Waals surface area contributed by atoms with Crippen LogP contribution in [0.3, 0.4) is 0 Å². The standard InChI is InChI=1S/C14H15Cl2N/c15-11-6-5-7-12(16)13(11)14(10-17)8-3-1-2-4-9-14/h5-7H,1-4,8-9H2. The van der Waals surface area contributed by atoms with Crippen molar-refractivity contribution in [2.75, 3.05) is 0 Å². The third-order valence-electron chi connectivity index (χ3n) is 3.61. The molecule has 17 heavy (non-hydrogen) atoms. The minimum absolute atomic E-state index is 0.480. The lowest BCUT2D eigenvalue weighted by Gasteiger charge is -2.27. The van der Waals surface area contributed by atoms with Gasteiger partial charge in [0, 0.05) is 15.6 Å². The summed E-state index contributed by atoms with van der Waals surface area (Å²) in [5.74, 6) is 0. The fraction of sp³-hybridized carbons (Fsp3) is 0.500. The zero-order valence-corrected chi connectivity index (χ0v) is 11.2. The Morgan fingerprint density at radius 2 is 1.53 bits per heavy atom. The molecule has 1 saturated carbocycles. The lowest BCUT2D eigenvalue weighted by Crippen LogP contribution is -2.24. The molecule has 0 radical (unpaired) electrons. The summed E-state index contributed by atoms with van der Waals surface area (Å²) < 4.78 is 0. The predicted octanol–water partition coefficient (Wildman–Crippen LogP) is 5.11. The van der Waals surface area contributed by atoms with Crippen molar-refractivity contribution in [1.82, 2.24) is 0 Å². The summed E-state index contributed by atoms with van der Waals surface area (Å²) in [6.07, 6.45) is 6.29. The van der Waals surface area contributed by atoms with Gasteiger partial charge in [-0.05, 0) is 25.0 Å². The number of rotatable bonds is 1. The zero-order valence-electron chi connectivity index (χ0n) is 9.68. The van der Waals surface area contributed by atoms with E-state index in [1.54, 1.807) is 0 Å². The fourth-order valence-corrected chi connectivity index (χ4v) is 3.46. The summed E-state index contributed by atoms with van der Waals surface area (Å²) in [7, 11) is 0. The lowest BCUT2D eigenvalue weighted by molar-refractivity contribution is 0.475. The Hall–Kier alpha value is -0.710. The molecule has 2 rings (SSSR count). The van der Waals surface area contributed by atoms with Crippen molar-refractivity contribution >= 4 is 23.2 Å². The highest BCUT2D eigenvalue weighted by atomic mass is 35.5. The molecule has 1 aliphatic rings. The van der Waals surface area contributed by atoms with Crippen molar-refractivity contribution in [3.05, 3.63) is 33.8 Å². The van der Waals surface area contributed by atoms with Gasteiger partial charge in [0.05, 0.1) is 11.5 Å². The molecule has 1 fully saturated rings. The van der Waals surface area contributed by atoms with E-state index >= 15 is 0 Å². The Morgan fingerprint density at radius 1 is 1.00 bits per heavy atom. The molecule has 0 unspecified atom stereocenters. The van der Waals surface area contributed by atoms with Gasteiger partial charge >= 0.3 is 0 Å². The van der Waals surface area contributed by atoms with E-state index in [1.165, 1.54) is 12.8 Å². The van der Waals surface area contributed by atoms with Crippen molar-refractivity contribution in [1.29, 1.82) is 5.26 Å². The van der Waals surface area contributed by atoms with Gasteiger partial charge in [-0.3, -0.25) is 0 Å². The van der Waals surface area contributed by atoms with Crippen molar-refractivity contribution in [3.8, 4) is 6.07 Å². The molecule has 0 heterocycles. The second-order valence-corrected chi connectivity index (χ2v) is 5.52. The van der Waals surface area contributed by atoms with Gasteiger partial charge in [-0.15, -0.1) is 0 Å². The zero-order chi connectivity index (χ0) is 12.3. The van der Waals surface area contributed by atoms with Crippen LogP contribution in [-0.2, 0) is 5.41 Å². The molecule has 1 nitrogen and oxygen atoms in total. The average molecular weight is 268 g/mol. The van der Waals surface area contributed by atoms with Crippen LogP contribution in [0.15, 0.2) is 18.2 Å². The maximum Gasteiger partial charge on any atom is 0.0851 e. The summed E-state index contributed by atoms with van der Waals surface area (Å²) in [6.45, 7) is 0. The average Bonchev–Trinajstić information content (AvgIpc) is 2.55. The van der Waals surface area contributed by atoms with E-state index in [-0.39, 0.29) is 0 Å². The Morgan fingerprint density at radius 3 is 2.00 bits per heavy atom. The Bertz CT molecular complexity index is 420. The van der Waals surface area contributed by atoms with Crippen LogP contribution in [0.4, 0.5) is 0 Å². The minimum atomic E-state index is -0.480. The second kappa shape index (κ2) is 5.29. The third-order valence-corrected chi connectivity index (χ3v) is 4.24. The molecule has 0 bridgehead atoms. The molecule has 1 aromatic rings. The highest BCUT2D eigenvalue weighted by Crippen LogP contribution is 2.44. The van der Waals surface area contributed by atoms with Crippen LogP contribution < -0.4 is 0 Å². The molecule has 0 amide bonds. The van der Waals surface area contributed by atoms with E-state index in [0.717, 1.165) is 31.2 Å². The lowest BCUT2D eigenvalue weighted by atomic mass is 9.75. The van der Waals surface area contributed by atoms with Gasteiger partial charge in [-0.25, -0.2) is 0 Å². The minimum Gasteiger partial charge on any atom is -0.197 e. The highest BCUT2D eigenvalue weighted by Gasteiger charge is 2.36. The van der Waals surface area contributed by atoms with E-state index in [4.69, 9.17) is 23.2 Å². The molecular weight excluding hydrogens is 253 g/mol. The van der Waals surface area contributed by atoms with E-state index in [9.17, 15) is 5.26 Å². The van der Waals surface area contributed by atoms with E-state index in [1.807, 2.05) is 18.2 Å². The topological polar surface area (TPSA) is 23.8 Å². The summed E-state index contributed by atoms with van der Waals surface area (Å²) in [6, 6.07) is 7.97. The number of benzene rings is 1. The van der Waals surface area contributed by atoms with E-state index < -0.39 is 5.41 Å². The molecule has 1 aromatic carbocycles. The largest absolute Gasteiger partial charge is 0.197 e. The van der Waals surface area contributed by atoms with Gasteiger partial charge in [0.25, 0.3) is 0 Å². The smallest absolute Gasteiger partial charge is 0.0851 e. The van der Waals surface area contributed by atoms with Crippen LogP contribution in [0, 0.1) is 11.3 Å². The Balaban J connectivity index is 2.50. The number of hydrogen-bond acceptors (Lipinski definition) is 1. The molecule has 0 N–H and O–H groups in total. The maximum atomic E-state index is 9.60. The monoisotopic (exact) mass is 267 g/mol. The molecular formula is C14H15Cl2N. The Labute approximate surface area is 112 Å². The van der Waals surface area contributed by atoms with Crippen molar-refractivity contribution < 1.29 is 0 Å². The van der Waals surface area contributed by atoms with Crippen LogP contribution in [0.2, 0.25) is 10.0 Å². The molecule has 90 valence electrons. The van der Waals surface area contributed by atoms with Gasteiger partial charge in [-0.1, -0.05) is 55.0 Å². The van der Waals surface area contributed by atoms with Gasteiger partial charge < -0.3 is 0 Å². The number of halogens is 2. The summed E-state index contributed by atoms with van der Waals surface area (Å²) in [4.78, 5) is 0. The molecule has 0 atom stereocenters. The van der Waals surface area contributed by atoms with Gasteiger partial charge in [0.2, 0.25) is 0 Å². The van der Waals surface area contributed by atoms with Crippen LogP contribution in [0.5, 0.6) is 0 Å². The van der Waals surface area contributed by atoms with E-state index in [2.05, 4.69) is 6.07 Å². The van der Waals surface area contributed by atoms with Crippen LogP contribution in [-0.4, -0.2) is 0 Å². The first-order chi connectivity index (χ1) is 8.19. The maximum absolute atomic E-state index is 9.60. The molecule has 0 saturated heterocycles. The normalized spacial score (nSPS) is 19.4. The molecule has 0 aromatic heterocycles. The van der Waals surface area contributed by atoms with Crippen LogP contribution in [0.1, 0.15) is 44.1 Å². The first kappa shape index (κ1) is 12.7. The van der Waals surface area contributed by atoms with Gasteiger partial charge in [0.15, 0.2) is 0 Å². The number of nitrogens with zero attached hydrogens (tertiary/aromatic N) is 1. The number of hydrogen-bond donors (Lipinski definition) is 0. The van der Waals surface area contributed by atoms with E-state index in [0.29, 0.717) is 10.0 Å². The third kappa shape index (κ3) is 2.44. The van der Waals surface area contributed by atoms with Crippen molar-refractivity contribution in [2.45, 2.75) is 43.9 Å². The molecule has 0 spiro atoms. The van der Waals surface area contributed by atoms with Crippen LogP contribution >= 0.6 is 23.2 Å². The summed E-state index contributed by atoms with van der Waals surface area (Å²) >= 11 is 12.5. The molecule has 0 aliphatic heterocycles. The first-order valence-electron chi connectivity index (χ1n) is 6.05. The summed E-state index contributed by atoms with van der Waals surface area (Å²) in [5.41, 5.74) is 0.360. The predicted molar refractivity (Wildman–Crippen MR) is 71.5 cm³/mol. The van der Waals surface area contributed by atoms with Crippen LogP contribution in [0.25, 0.3) is 0 Å². The fourth-order valence-electron chi connectivity index (χ4n) is 2.70.